The van der Waals surface area contributed by atoms with E-state index in [0.29, 0.717) is 16.7 Å². The minimum atomic E-state index is 0.0341. The van der Waals surface area contributed by atoms with Crippen molar-refractivity contribution in [2.24, 2.45) is 0 Å². The van der Waals surface area contributed by atoms with Gasteiger partial charge >= 0.3 is 0 Å². The Balaban J connectivity index is 2.21. The van der Waals surface area contributed by atoms with Crippen molar-refractivity contribution in [2.45, 2.75) is 32.2 Å². The summed E-state index contributed by atoms with van der Waals surface area (Å²) in [4.78, 5) is 21.6. The van der Waals surface area contributed by atoms with Crippen LogP contribution in [0.3, 0.4) is 0 Å². The molecule has 0 spiro atoms. The van der Waals surface area contributed by atoms with Crippen LogP contribution in [0.25, 0.3) is 0 Å². The molecule has 118 valence electrons. The Labute approximate surface area is 130 Å². The SMILES string of the molecule is CCCN(C(=O)c1sc(N(C)C)nc1N)C1CCNCC1. The molecule has 0 bridgehead atoms. The van der Waals surface area contributed by atoms with Gasteiger partial charge in [0, 0.05) is 26.7 Å². The predicted molar refractivity (Wildman–Crippen MR) is 88.1 cm³/mol. The second-order valence-electron chi connectivity index (χ2n) is 5.58. The third-order valence-corrected chi connectivity index (χ3v) is 4.92. The average Bonchev–Trinajstić information content (AvgIpc) is 2.87. The van der Waals surface area contributed by atoms with Crippen LogP contribution < -0.4 is 16.0 Å². The molecular weight excluding hydrogens is 286 g/mol. The van der Waals surface area contributed by atoms with Gasteiger partial charge in [-0.05, 0) is 32.4 Å². The first-order valence-electron chi connectivity index (χ1n) is 7.50. The van der Waals surface area contributed by atoms with Crippen molar-refractivity contribution in [2.75, 3.05) is 44.4 Å². The fourth-order valence-electron chi connectivity index (χ4n) is 2.60. The lowest BCUT2D eigenvalue weighted by molar-refractivity contribution is 0.0648. The van der Waals surface area contributed by atoms with Crippen LogP contribution in [0.4, 0.5) is 10.9 Å². The summed E-state index contributed by atoms with van der Waals surface area (Å²) in [5, 5.41) is 4.12. The molecule has 1 amide bonds. The van der Waals surface area contributed by atoms with E-state index in [1.54, 1.807) is 0 Å². The Morgan fingerprint density at radius 1 is 1.43 bits per heavy atom. The molecule has 1 saturated heterocycles. The van der Waals surface area contributed by atoms with Crippen LogP contribution in [-0.2, 0) is 0 Å². The number of nitrogens with two attached hydrogens (primary N) is 1. The fraction of sp³-hybridized carbons (Fsp3) is 0.714. The number of rotatable bonds is 5. The molecule has 0 radical (unpaired) electrons. The maximum Gasteiger partial charge on any atom is 0.268 e. The molecule has 1 aromatic heterocycles. The van der Waals surface area contributed by atoms with Crippen molar-refractivity contribution < 1.29 is 4.79 Å². The second-order valence-corrected chi connectivity index (χ2v) is 6.56. The Morgan fingerprint density at radius 2 is 2.10 bits per heavy atom. The van der Waals surface area contributed by atoms with Gasteiger partial charge in [-0.3, -0.25) is 4.79 Å². The molecule has 1 aliphatic heterocycles. The number of nitrogens with zero attached hydrogens (tertiary/aromatic N) is 3. The summed E-state index contributed by atoms with van der Waals surface area (Å²) in [6.45, 7) is 4.82. The summed E-state index contributed by atoms with van der Waals surface area (Å²) < 4.78 is 0. The number of nitrogens with one attached hydrogen (secondary N) is 1. The van der Waals surface area contributed by atoms with Gasteiger partial charge in [0.2, 0.25) is 0 Å². The van der Waals surface area contributed by atoms with Crippen molar-refractivity contribution in [3.05, 3.63) is 4.88 Å². The highest BCUT2D eigenvalue weighted by Gasteiger charge is 2.28. The molecule has 7 heteroatoms. The second kappa shape index (κ2) is 7.09. The van der Waals surface area contributed by atoms with Crippen molar-refractivity contribution in [1.29, 1.82) is 0 Å². The standard InChI is InChI=1S/C14H25N5OS/c1-4-9-19(10-5-7-16-8-6-10)13(20)11-12(15)17-14(21-11)18(2)3/h10,16H,4-9,15H2,1-3H3. The van der Waals surface area contributed by atoms with Crippen molar-refractivity contribution in [3.8, 4) is 0 Å². The van der Waals surface area contributed by atoms with Crippen molar-refractivity contribution in [1.82, 2.24) is 15.2 Å². The quantitative estimate of drug-likeness (QED) is 0.860. The first-order chi connectivity index (χ1) is 10.0. The summed E-state index contributed by atoms with van der Waals surface area (Å²) >= 11 is 1.38. The zero-order chi connectivity index (χ0) is 15.4. The number of piperidine rings is 1. The number of amides is 1. The molecule has 0 atom stereocenters. The first-order valence-corrected chi connectivity index (χ1v) is 8.31. The Morgan fingerprint density at radius 3 is 2.62 bits per heavy atom. The Bertz CT molecular complexity index is 482. The van der Waals surface area contributed by atoms with E-state index < -0.39 is 0 Å². The smallest absolute Gasteiger partial charge is 0.268 e. The molecule has 21 heavy (non-hydrogen) atoms. The molecule has 0 aromatic carbocycles. The fourth-order valence-corrected chi connectivity index (χ4v) is 3.47. The number of anilines is 2. The first kappa shape index (κ1) is 16.0. The van der Waals surface area contributed by atoms with E-state index in [-0.39, 0.29) is 5.91 Å². The van der Waals surface area contributed by atoms with Gasteiger partial charge < -0.3 is 20.9 Å². The molecule has 0 unspecified atom stereocenters. The van der Waals surface area contributed by atoms with Crippen molar-refractivity contribution >= 4 is 28.2 Å². The molecule has 1 aromatic rings. The van der Waals surface area contributed by atoms with Gasteiger partial charge in [-0.15, -0.1) is 0 Å². The molecule has 2 heterocycles. The molecule has 1 aliphatic rings. The third-order valence-electron chi connectivity index (χ3n) is 3.69. The summed E-state index contributed by atoms with van der Waals surface area (Å²) in [6.07, 6.45) is 2.96. The number of hydrogen-bond donors (Lipinski definition) is 2. The maximum atomic E-state index is 12.9. The summed E-state index contributed by atoms with van der Waals surface area (Å²) in [5.41, 5.74) is 5.96. The van der Waals surface area contributed by atoms with Crippen LogP contribution >= 0.6 is 11.3 Å². The average molecular weight is 311 g/mol. The number of carbonyl (C=O) groups is 1. The number of hydrogen-bond acceptors (Lipinski definition) is 6. The molecule has 0 aliphatic carbocycles. The van der Waals surface area contributed by atoms with Crippen LogP contribution in [0.5, 0.6) is 0 Å². The summed E-state index contributed by atoms with van der Waals surface area (Å²) in [7, 11) is 3.81. The predicted octanol–water partition coefficient (Wildman–Crippen LogP) is 1.40. The topological polar surface area (TPSA) is 74.5 Å². The van der Waals surface area contributed by atoms with Gasteiger partial charge in [-0.25, -0.2) is 4.98 Å². The van der Waals surface area contributed by atoms with Gasteiger partial charge in [-0.1, -0.05) is 18.3 Å². The molecule has 0 saturated carbocycles. The van der Waals surface area contributed by atoms with E-state index in [0.717, 1.165) is 44.0 Å². The van der Waals surface area contributed by atoms with E-state index in [1.165, 1.54) is 11.3 Å². The molecule has 1 fully saturated rings. The van der Waals surface area contributed by atoms with Gasteiger partial charge in [0.15, 0.2) is 5.13 Å². The Hall–Kier alpha value is -1.34. The lowest BCUT2D eigenvalue weighted by Gasteiger charge is -2.34. The highest BCUT2D eigenvalue weighted by molar-refractivity contribution is 7.18. The normalized spacial score (nSPS) is 16.0. The highest BCUT2D eigenvalue weighted by Crippen LogP contribution is 2.29. The Kier molecular flexibility index (Phi) is 5.41. The zero-order valence-electron chi connectivity index (χ0n) is 13.1. The number of nitrogen functional groups attached to an aromatic ring is 1. The van der Waals surface area contributed by atoms with E-state index in [2.05, 4.69) is 17.2 Å². The zero-order valence-corrected chi connectivity index (χ0v) is 13.9. The lowest BCUT2D eigenvalue weighted by Crippen LogP contribution is -2.46. The minimum absolute atomic E-state index is 0.0341. The maximum absolute atomic E-state index is 12.9. The van der Waals surface area contributed by atoms with E-state index in [9.17, 15) is 4.79 Å². The van der Waals surface area contributed by atoms with Gasteiger partial charge in [0.05, 0.1) is 0 Å². The molecular formula is C14H25N5OS. The molecule has 3 N–H and O–H groups in total. The van der Waals surface area contributed by atoms with Crippen LogP contribution in [0.1, 0.15) is 35.9 Å². The summed E-state index contributed by atoms with van der Waals surface area (Å²) in [6, 6.07) is 0.308. The summed E-state index contributed by atoms with van der Waals surface area (Å²) in [5.74, 6) is 0.385. The largest absolute Gasteiger partial charge is 0.382 e. The van der Waals surface area contributed by atoms with Crippen LogP contribution in [0.2, 0.25) is 0 Å². The molecule has 2 rings (SSSR count). The van der Waals surface area contributed by atoms with Crippen LogP contribution in [0, 0.1) is 0 Å². The monoisotopic (exact) mass is 311 g/mol. The molecule has 6 nitrogen and oxygen atoms in total. The number of carbonyl (C=O) groups excluding carboxylic acids is 1. The van der Waals surface area contributed by atoms with Crippen molar-refractivity contribution in [3.63, 3.8) is 0 Å². The highest BCUT2D eigenvalue weighted by atomic mass is 32.1. The minimum Gasteiger partial charge on any atom is -0.382 e. The number of aromatic nitrogens is 1. The number of thiazole rings is 1. The van der Waals surface area contributed by atoms with Gasteiger partial charge in [0.1, 0.15) is 10.7 Å². The van der Waals surface area contributed by atoms with Gasteiger partial charge in [-0.2, -0.15) is 0 Å². The van der Waals surface area contributed by atoms with E-state index >= 15 is 0 Å². The van der Waals surface area contributed by atoms with E-state index in [4.69, 9.17) is 5.73 Å². The van der Waals surface area contributed by atoms with Gasteiger partial charge in [0.25, 0.3) is 5.91 Å². The van der Waals surface area contributed by atoms with Crippen LogP contribution in [-0.4, -0.2) is 55.6 Å². The van der Waals surface area contributed by atoms with E-state index in [1.807, 2.05) is 23.9 Å². The lowest BCUT2D eigenvalue weighted by atomic mass is 10.0. The van der Waals surface area contributed by atoms with Crippen LogP contribution in [0.15, 0.2) is 0 Å². The third kappa shape index (κ3) is 3.65.